The van der Waals surface area contributed by atoms with Gasteiger partial charge < -0.3 is 10.6 Å². The summed E-state index contributed by atoms with van der Waals surface area (Å²) in [6.07, 6.45) is 0.974. The van der Waals surface area contributed by atoms with Crippen LogP contribution in [0.3, 0.4) is 0 Å². The van der Waals surface area contributed by atoms with Crippen LogP contribution in [0.15, 0.2) is 0 Å². The van der Waals surface area contributed by atoms with Crippen LogP contribution >= 0.6 is 12.4 Å². The Balaban J connectivity index is 0.000000980. The smallest absolute Gasteiger partial charge is 0.236 e. The summed E-state index contributed by atoms with van der Waals surface area (Å²) in [6, 6.07) is 0. The number of sulfone groups is 1. The maximum atomic E-state index is 11.6. The number of nitrogens with one attached hydrogen (secondary N) is 2. The Morgan fingerprint density at radius 2 is 1.79 bits per heavy atom. The van der Waals surface area contributed by atoms with Gasteiger partial charge in [-0.05, 0) is 25.9 Å². The molecule has 1 amide bonds. The van der Waals surface area contributed by atoms with Crippen molar-refractivity contribution in [3.8, 4) is 0 Å². The molecule has 5 nitrogen and oxygen atoms in total. The number of piperidine rings is 1. The van der Waals surface area contributed by atoms with E-state index in [1.165, 1.54) is 0 Å². The standard InChI is InChI=1S/C7H12N2O3S.ClH/c10-6-5-13(11,12)7(9-6)1-3-8-4-2-7;/h8H,1-5H2,(H,9,10);1H. The summed E-state index contributed by atoms with van der Waals surface area (Å²) < 4.78 is 23.3. The van der Waals surface area contributed by atoms with E-state index < -0.39 is 14.7 Å². The van der Waals surface area contributed by atoms with Gasteiger partial charge >= 0.3 is 0 Å². The van der Waals surface area contributed by atoms with Crippen LogP contribution in [0.2, 0.25) is 0 Å². The molecular weight excluding hydrogens is 228 g/mol. The Hall–Kier alpha value is -0.330. The molecule has 0 aromatic carbocycles. The van der Waals surface area contributed by atoms with Crippen molar-refractivity contribution < 1.29 is 13.2 Å². The highest BCUT2D eigenvalue weighted by Gasteiger charge is 2.51. The number of hydrogen-bond acceptors (Lipinski definition) is 4. The lowest BCUT2D eigenvalue weighted by Gasteiger charge is -2.32. The molecule has 1 spiro atoms. The molecule has 0 bridgehead atoms. The molecule has 2 rings (SSSR count). The lowest BCUT2D eigenvalue weighted by atomic mass is 10.1. The van der Waals surface area contributed by atoms with E-state index >= 15 is 0 Å². The van der Waals surface area contributed by atoms with Gasteiger partial charge in [0.25, 0.3) is 0 Å². The van der Waals surface area contributed by atoms with Crippen molar-refractivity contribution in [2.75, 3.05) is 18.8 Å². The molecule has 82 valence electrons. The maximum absolute atomic E-state index is 11.6. The van der Waals surface area contributed by atoms with Crippen molar-refractivity contribution >= 4 is 28.2 Å². The number of rotatable bonds is 0. The summed E-state index contributed by atoms with van der Waals surface area (Å²) in [6.45, 7) is 1.30. The molecule has 0 aromatic heterocycles. The lowest BCUT2D eigenvalue weighted by molar-refractivity contribution is -0.118. The van der Waals surface area contributed by atoms with Crippen LogP contribution < -0.4 is 10.6 Å². The maximum Gasteiger partial charge on any atom is 0.236 e. The van der Waals surface area contributed by atoms with E-state index in [1.807, 2.05) is 0 Å². The number of carbonyl (C=O) groups is 1. The molecule has 0 atom stereocenters. The zero-order chi connectivity index (χ0) is 9.53. The molecule has 0 unspecified atom stereocenters. The summed E-state index contributed by atoms with van der Waals surface area (Å²) >= 11 is 0. The van der Waals surface area contributed by atoms with Gasteiger partial charge in [-0.2, -0.15) is 0 Å². The van der Waals surface area contributed by atoms with Gasteiger partial charge in [0.1, 0.15) is 10.6 Å². The number of carbonyl (C=O) groups excluding carboxylic acids is 1. The molecule has 14 heavy (non-hydrogen) atoms. The number of amides is 1. The van der Waals surface area contributed by atoms with Gasteiger partial charge in [0.15, 0.2) is 9.84 Å². The molecule has 2 heterocycles. The molecule has 2 saturated heterocycles. The third-order valence-corrected chi connectivity index (χ3v) is 5.04. The molecule has 0 radical (unpaired) electrons. The first-order valence-corrected chi connectivity index (χ1v) is 5.95. The van der Waals surface area contributed by atoms with E-state index in [9.17, 15) is 13.2 Å². The van der Waals surface area contributed by atoms with Gasteiger partial charge in [-0.3, -0.25) is 4.79 Å². The fraction of sp³-hybridized carbons (Fsp3) is 0.857. The van der Waals surface area contributed by atoms with Crippen LogP contribution in [-0.4, -0.2) is 38.0 Å². The Bertz CT molecular complexity index is 335. The first-order valence-electron chi connectivity index (χ1n) is 4.30. The highest BCUT2D eigenvalue weighted by atomic mass is 35.5. The molecule has 2 N–H and O–H groups in total. The quantitative estimate of drug-likeness (QED) is 0.572. The first kappa shape index (κ1) is 11.7. The van der Waals surface area contributed by atoms with Crippen LogP contribution in [-0.2, 0) is 14.6 Å². The fourth-order valence-corrected chi connectivity index (χ4v) is 3.73. The first-order chi connectivity index (χ1) is 6.06. The van der Waals surface area contributed by atoms with E-state index in [2.05, 4.69) is 10.6 Å². The van der Waals surface area contributed by atoms with Crippen LogP contribution in [0.4, 0.5) is 0 Å². The molecule has 2 fully saturated rings. The minimum Gasteiger partial charge on any atom is -0.336 e. The second-order valence-electron chi connectivity index (χ2n) is 3.55. The summed E-state index contributed by atoms with van der Waals surface area (Å²) in [7, 11) is -3.26. The highest BCUT2D eigenvalue weighted by Crippen LogP contribution is 2.29. The summed E-state index contributed by atoms with van der Waals surface area (Å²) in [5.74, 6) is -0.700. The van der Waals surface area contributed by atoms with Gasteiger partial charge in [-0.15, -0.1) is 12.4 Å². The van der Waals surface area contributed by atoms with Gasteiger partial charge in [-0.1, -0.05) is 0 Å². The van der Waals surface area contributed by atoms with Crippen LogP contribution in [0.25, 0.3) is 0 Å². The van der Waals surface area contributed by atoms with Crippen LogP contribution in [0.1, 0.15) is 12.8 Å². The Morgan fingerprint density at radius 3 is 2.21 bits per heavy atom. The van der Waals surface area contributed by atoms with E-state index in [4.69, 9.17) is 0 Å². The van der Waals surface area contributed by atoms with Crippen molar-refractivity contribution in [1.29, 1.82) is 0 Å². The van der Waals surface area contributed by atoms with Crippen molar-refractivity contribution in [3.05, 3.63) is 0 Å². The van der Waals surface area contributed by atoms with E-state index in [0.29, 0.717) is 25.9 Å². The molecule has 2 aliphatic rings. The van der Waals surface area contributed by atoms with Gasteiger partial charge in [0.2, 0.25) is 5.91 Å². The largest absolute Gasteiger partial charge is 0.336 e. The molecule has 0 saturated carbocycles. The topological polar surface area (TPSA) is 75.3 Å². The Morgan fingerprint density at radius 1 is 1.21 bits per heavy atom. The Labute approximate surface area is 89.0 Å². The Kier molecular flexibility index (Phi) is 3.08. The second kappa shape index (κ2) is 3.67. The fourth-order valence-electron chi connectivity index (χ4n) is 1.95. The second-order valence-corrected chi connectivity index (χ2v) is 5.85. The lowest BCUT2D eigenvalue weighted by Crippen LogP contribution is -2.53. The molecule has 0 aliphatic carbocycles. The minimum absolute atomic E-state index is 0. The molecular formula is C7H13ClN2O3S. The SMILES string of the molecule is Cl.O=C1CS(=O)(=O)C2(CCNCC2)N1. The zero-order valence-electron chi connectivity index (χ0n) is 7.58. The van der Waals surface area contributed by atoms with Crippen molar-refractivity contribution in [2.24, 2.45) is 0 Å². The van der Waals surface area contributed by atoms with Gasteiger partial charge in [-0.25, -0.2) is 8.42 Å². The predicted molar refractivity (Wildman–Crippen MR) is 54.0 cm³/mol. The minimum atomic E-state index is -3.26. The highest BCUT2D eigenvalue weighted by molar-refractivity contribution is 7.94. The predicted octanol–water partition coefficient (Wildman–Crippen LogP) is -0.967. The average molecular weight is 241 g/mol. The zero-order valence-corrected chi connectivity index (χ0v) is 9.21. The summed E-state index contributed by atoms with van der Waals surface area (Å²) in [4.78, 5) is 10.1. The molecule has 0 aromatic rings. The van der Waals surface area contributed by atoms with Crippen molar-refractivity contribution in [2.45, 2.75) is 17.7 Å². The molecule has 7 heteroatoms. The summed E-state index contributed by atoms with van der Waals surface area (Å²) in [5.41, 5.74) is 0. The summed E-state index contributed by atoms with van der Waals surface area (Å²) in [5, 5.41) is 5.67. The average Bonchev–Trinajstić information content (AvgIpc) is 2.23. The van der Waals surface area contributed by atoms with Crippen molar-refractivity contribution in [3.63, 3.8) is 0 Å². The van der Waals surface area contributed by atoms with Crippen LogP contribution in [0, 0.1) is 0 Å². The number of hydrogen-bond donors (Lipinski definition) is 2. The van der Waals surface area contributed by atoms with E-state index in [-0.39, 0.29) is 24.1 Å². The monoisotopic (exact) mass is 240 g/mol. The normalized spacial score (nSPS) is 28.1. The molecule has 2 aliphatic heterocycles. The van der Waals surface area contributed by atoms with Gasteiger partial charge in [0.05, 0.1) is 0 Å². The van der Waals surface area contributed by atoms with Crippen molar-refractivity contribution in [1.82, 2.24) is 10.6 Å². The third kappa shape index (κ3) is 1.62. The van der Waals surface area contributed by atoms with Gasteiger partial charge in [0, 0.05) is 0 Å². The third-order valence-electron chi connectivity index (χ3n) is 2.69. The van der Waals surface area contributed by atoms with E-state index in [1.54, 1.807) is 0 Å². The van der Waals surface area contributed by atoms with Crippen LogP contribution in [0.5, 0.6) is 0 Å². The number of halogens is 1. The van der Waals surface area contributed by atoms with E-state index in [0.717, 1.165) is 0 Å².